The Balaban J connectivity index is 2.16. The lowest BCUT2D eigenvalue weighted by atomic mass is 9.80. The zero-order chi connectivity index (χ0) is 15.2. The minimum atomic E-state index is -3.03. The van der Waals surface area contributed by atoms with E-state index in [-0.39, 0.29) is 0 Å². The van der Waals surface area contributed by atoms with Crippen LogP contribution in [-0.2, 0) is 10.0 Å². The van der Waals surface area contributed by atoms with Crippen molar-refractivity contribution in [2.75, 3.05) is 25.9 Å². The average Bonchev–Trinajstić information content (AvgIpc) is 2.37. The molecule has 20 heavy (non-hydrogen) atoms. The Morgan fingerprint density at radius 1 is 1.20 bits per heavy atom. The molecular weight excluding hydrogens is 272 g/mol. The molecule has 1 aliphatic carbocycles. The lowest BCUT2D eigenvalue weighted by Crippen LogP contribution is -2.37. The van der Waals surface area contributed by atoms with Gasteiger partial charge in [0.25, 0.3) is 0 Å². The van der Waals surface area contributed by atoms with Crippen LogP contribution < -0.4 is 5.32 Å². The average molecular weight is 305 g/mol. The Bertz CT molecular complexity index is 360. The van der Waals surface area contributed by atoms with Gasteiger partial charge in [0.2, 0.25) is 10.0 Å². The molecule has 120 valence electrons. The van der Waals surface area contributed by atoms with Crippen LogP contribution in [-0.4, -0.2) is 44.7 Å². The molecule has 0 amide bonds. The van der Waals surface area contributed by atoms with E-state index >= 15 is 0 Å². The summed E-state index contributed by atoms with van der Waals surface area (Å²) in [6.45, 7) is 8.65. The summed E-state index contributed by atoms with van der Waals surface area (Å²) in [4.78, 5) is 0. The molecule has 0 spiro atoms. The highest BCUT2D eigenvalue weighted by Gasteiger charge is 2.22. The third-order valence-electron chi connectivity index (χ3n) is 4.55. The highest BCUT2D eigenvalue weighted by molar-refractivity contribution is 7.88. The maximum atomic E-state index is 11.5. The standard InChI is InChI=1S/C15H32N2O2S/c1-5-17(20(4,18)19)12-6-11-16-15-9-7-14(8-10-15)13(2)3/h13-16H,5-12H2,1-4H3. The lowest BCUT2D eigenvalue weighted by Gasteiger charge is -2.31. The van der Waals surface area contributed by atoms with Crippen molar-refractivity contribution in [1.29, 1.82) is 0 Å². The first-order valence-corrected chi connectivity index (χ1v) is 9.88. The molecule has 1 rings (SSSR count). The Kier molecular flexibility index (Phi) is 7.48. The van der Waals surface area contributed by atoms with Crippen molar-refractivity contribution in [3.05, 3.63) is 0 Å². The second kappa shape index (κ2) is 8.35. The fourth-order valence-corrected chi connectivity index (χ4v) is 4.04. The second-order valence-electron chi connectivity index (χ2n) is 6.42. The number of hydrogen-bond acceptors (Lipinski definition) is 3. The van der Waals surface area contributed by atoms with Crippen molar-refractivity contribution in [2.24, 2.45) is 11.8 Å². The smallest absolute Gasteiger partial charge is 0.211 e. The molecule has 1 fully saturated rings. The summed E-state index contributed by atoms with van der Waals surface area (Å²) >= 11 is 0. The zero-order valence-corrected chi connectivity index (χ0v) is 14.4. The summed E-state index contributed by atoms with van der Waals surface area (Å²) < 4.78 is 24.5. The number of nitrogens with one attached hydrogen (secondary N) is 1. The van der Waals surface area contributed by atoms with E-state index in [1.54, 1.807) is 4.31 Å². The molecule has 0 atom stereocenters. The topological polar surface area (TPSA) is 49.4 Å². The Morgan fingerprint density at radius 2 is 1.80 bits per heavy atom. The fourth-order valence-electron chi connectivity index (χ4n) is 3.11. The van der Waals surface area contributed by atoms with Gasteiger partial charge in [0.15, 0.2) is 0 Å². The van der Waals surface area contributed by atoms with Gasteiger partial charge in [-0.1, -0.05) is 20.8 Å². The fraction of sp³-hybridized carbons (Fsp3) is 1.00. The van der Waals surface area contributed by atoms with Crippen LogP contribution in [0.1, 0.15) is 52.9 Å². The van der Waals surface area contributed by atoms with Crippen molar-refractivity contribution in [1.82, 2.24) is 9.62 Å². The number of sulfonamides is 1. The summed E-state index contributed by atoms with van der Waals surface area (Å²) in [5.74, 6) is 1.71. The van der Waals surface area contributed by atoms with Crippen LogP contribution in [0.3, 0.4) is 0 Å². The molecule has 0 aromatic rings. The van der Waals surface area contributed by atoms with Gasteiger partial charge in [0.05, 0.1) is 6.26 Å². The summed E-state index contributed by atoms with van der Waals surface area (Å²) in [5.41, 5.74) is 0. The molecule has 0 radical (unpaired) electrons. The Hall–Kier alpha value is -0.130. The van der Waals surface area contributed by atoms with E-state index in [1.165, 1.54) is 31.9 Å². The second-order valence-corrected chi connectivity index (χ2v) is 8.40. The quantitative estimate of drug-likeness (QED) is 0.701. The molecule has 0 aromatic carbocycles. The van der Waals surface area contributed by atoms with Crippen LogP contribution in [0.2, 0.25) is 0 Å². The Labute approximate surface area is 125 Å². The molecule has 0 aromatic heterocycles. The lowest BCUT2D eigenvalue weighted by molar-refractivity contribution is 0.238. The van der Waals surface area contributed by atoms with Gasteiger partial charge in [-0.3, -0.25) is 0 Å². The van der Waals surface area contributed by atoms with E-state index in [4.69, 9.17) is 0 Å². The van der Waals surface area contributed by atoms with E-state index in [2.05, 4.69) is 19.2 Å². The van der Waals surface area contributed by atoms with Gasteiger partial charge in [-0.25, -0.2) is 12.7 Å². The molecule has 1 saturated carbocycles. The highest BCUT2D eigenvalue weighted by atomic mass is 32.2. The van der Waals surface area contributed by atoms with Crippen molar-refractivity contribution in [3.8, 4) is 0 Å². The van der Waals surface area contributed by atoms with Gasteiger partial charge < -0.3 is 5.32 Å². The number of nitrogens with zero attached hydrogens (tertiary/aromatic N) is 1. The predicted molar refractivity (Wildman–Crippen MR) is 85.3 cm³/mol. The minimum Gasteiger partial charge on any atom is -0.314 e. The van der Waals surface area contributed by atoms with Gasteiger partial charge >= 0.3 is 0 Å². The number of rotatable bonds is 8. The Morgan fingerprint density at radius 3 is 2.25 bits per heavy atom. The van der Waals surface area contributed by atoms with Crippen LogP contribution in [0.5, 0.6) is 0 Å². The van der Waals surface area contributed by atoms with E-state index in [0.29, 0.717) is 19.1 Å². The first kappa shape index (κ1) is 17.9. The van der Waals surface area contributed by atoms with Crippen LogP contribution in [0.25, 0.3) is 0 Å². The van der Waals surface area contributed by atoms with Crippen molar-refractivity contribution >= 4 is 10.0 Å². The third kappa shape index (κ3) is 6.10. The number of hydrogen-bond donors (Lipinski definition) is 1. The van der Waals surface area contributed by atoms with Crippen molar-refractivity contribution in [3.63, 3.8) is 0 Å². The van der Waals surface area contributed by atoms with Crippen LogP contribution in [0.4, 0.5) is 0 Å². The molecular formula is C15H32N2O2S. The largest absolute Gasteiger partial charge is 0.314 e. The predicted octanol–water partition coefficient (Wildman–Crippen LogP) is 2.46. The molecule has 4 nitrogen and oxygen atoms in total. The monoisotopic (exact) mass is 304 g/mol. The van der Waals surface area contributed by atoms with Crippen LogP contribution in [0.15, 0.2) is 0 Å². The molecule has 1 N–H and O–H groups in total. The van der Waals surface area contributed by atoms with Gasteiger partial charge in [-0.15, -0.1) is 0 Å². The molecule has 0 unspecified atom stereocenters. The molecule has 0 aliphatic heterocycles. The minimum absolute atomic E-state index is 0.568. The van der Waals surface area contributed by atoms with E-state index < -0.39 is 10.0 Å². The van der Waals surface area contributed by atoms with E-state index in [9.17, 15) is 8.42 Å². The molecule has 0 saturated heterocycles. The SMILES string of the molecule is CCN(CCCNC1CCC(C(C)C)CC1)S(C)(=O)=O. The maximum Gasteiger partial charge on any atom is 0.211 e. The zero-order valence-electron chi connectivity index (χ0n) is 13.6. The van der Waals surface area contributed by atoms with Gasteiger partial charge in [-0.2, -0.15) is 0 Å². The molecule has 0 heterocycles. The normalized spacial score (nSPS) is 24.5. The third-order valence-corrected chi connectivity index (χ3v) is 5.93. The molecule has 5 heteroatoms. The maximum absolute atomic E-state index is 11.5. The molecule has 1 aliphatic rings. The highest BCUT2D eigenvalue weighted by Crippen LogP contribution is 2.29. The van der Waals surface area contributed by atoms with E-state index in [1.807, 2.05) is 6.92 Å². The van der Waals surface area contributed by atoms with Crippen molar-refractivity contribution in [2.45, 2.75) is 58.9 Å². The summed E-state index contributed by atoms with van der Waals surface area (Å²) in [6, 6.07) is 0.637. The van der Waals surface area contributed by atoms with Crippen LogP contribution >= 0.6 is 0 Å². The first-order valence-electron chi connectivity index (χ1n) is 8.03. The van der Waals surface area contributed by atoms with Gasteiger partial charge in [-0.05, 0) is 50.5 Å². The summed E-state index contributed by atoms with van der Waals surface area (Å²) in [7, 11) is -3.03. The van der Waals surface area contributed by atoms with Gasteiger partial charge in [0, 0.05) is 19.1 Å². The molecule has 0 bridgehead atoms. The van der Waals surface area contributed by atoms with Crippen molar-refractivity contribution < 1.29 is 8.42 Å². The van der Waals surface area contributed by atoms with Gasteiger partial charge in [0.1, 0.15) is 0 Å². The summed E-state index contributed by atoms with van der Waals surface area (Å²) in [5, 5.41) is 3.59. The summed E-state index contributed by atoms with van der Waals surface area (Å²) in [6.07, 6.45) is 7.39. The van der Waals surface area contributed by atoms with Crippen LogP contribution in [0, 0.1) is 11.8 Å². The van der Waals surface area contributed by atoms with E-state index in [0.717, 1.165) is 24.8 Å². The first-order chi connectivity index (χ1) is 9.34.